The van der Waals surface area contributed by atoms with E-state index in [0.717, 1.165) is 37.1 Å². The summed E-state index contributed by atoms with van der Waals surface area (Å²) in [4.78, 5) is 0. The predicted molar refractivity (Wildman–Crippen MR) is 78.4 cm³/mol. The van der Waals surface area contributed by atoms with Gasteiger partial charge in [-0.25, -0.2) is 0 Å². The largest absolute Gasteiger partial charge is 0.155 e. The predicted octanol–water partition coefficient (Wildman–Crippen LogP) is 5.71. The topological polar surface area (TPSA) is 24.7 Å². The van der Waals surface area contributed by atoms with Crippen LogP contribution in [0.1, 0.15) is 53.4 Å². The van der Waals surface area contributed by atoms with Gasteiger partial charge >= 0.3 is 0 Å². The van der Waals surface area contributed by atoms with Crippen molar-refractivity contribution in [2.24, 2.45) is 10.2 Å². The highest BCUT2D eigenvalue weighted by Gasteiger charge is 2.04. The molecule has 0 aliphatic heterocycles. The third-order valence-electron chi connectivity index (χ3n) is 2.98. The van der Waals surface area contributed by atoms with Crippen LogP contribution in [-0.4, -0.2) is 0 Å². The van der Waals surface area contributed by atoms with Crippen LogP contribution in [-0.2, 0) is 0 Å². The molecule has 2 aliphatic rings. The molecule has 0 unspecified atom stereocenters. The molecule has 2 heteroatoms. The van der Waals surface area contributed by atoms with Crippen molar-refractivity contribution in [3.63, 3.8) is 0 Å². The van der Waals surface area contributed by atoms with Crippen molar-refractivity contribution in [2.45, 2.75) is 53.4 Å². The Morgan fingerprint density at radius 3 is 1.33 bits per heavy atom. The maximum Gasteiger partial charge on any atom is 0.0633 e. The third-order valence-corrected chi connectivity index (χ3v) is 2.98. The molecule has 0 saturated carbocycles. The molecule has 0 saturated heterocycles. The van der Waals surface area contributed by atoms with E-state index in [1.165, 1.54) is 11.1 Å². The third kappa shape index (κ3) is 4.82. The summed E-state index contributed by atoms with van der Waals surface area (Å²) in [5.74, 6) is 0. The fraction of sp³-hybridized carbons (Fsp3) is 0.500. The van der Waals surface area contributed by atoms with Crippen molar-refractivity contribution in [1.82, 2.24) is 0 Å². The molecule has 2 aliphatic carbocycles. The van der Waals surface area contributed by atoms with E-state index in [4.69, 9.17) is 0 Å². The molecule has 18 heavy (non-hydrogen) atoms. The van der Waals surface area contributed by atoms with Gasteiger partial charge in [0.15, 0.2) is 0 Å². The van der Waals surface area contributed by atoms with E-state index in [0.29, 0.717) is 0 Å². The van der Waals surface area contributed by atoms with Gasteiger partial charge in [-0.1, -0.05) is 37.1 Å². The summed E-state index contributed by atoms with van der Waals surface area (Å²) in [5.41, 5.74) is 5.04. The van der Waals surface area contributed by atoms with E-state index in [9.17, 15) is 0 Å². The molecule has 0 aromatic rings. The smallest absolute Gasteiger partial charge is 0.0633 e. The van der Waals surface area contributed by atoms with Crippen LogP contribution in [0, 0.1) is 0 Å². The van der Waals surface area contributed by atoms with Crippen molar-refractivity contribution in [1.29, 1.82) is 0 Å². The van der Waals surface area contributed by atoms with E-state index in [1.807, 2.05) is 13.8 Å². The first-order valence-electron chi connectivity index (χ1n) is 6.88. The van der Waals surface area contributed by atoms with Crippen LogP contribution in [0.3, 0.4) is 0 Å². The van der Waals surface area contributed by atoms with E-state index >= 15 is 0 Å². The van der Waals surface area contributed by atoms with Crippen LogP contribution in [0.15, 0.2) is 57.1 Å². The van der Waals surface area contributed by atoms with Gasteiger partial charge in [-0.3, -0.25) is 0 Å². The zero-order valence-corrected chi connectivity index (χ0v) is 12.0. The zero-order valence-electron chi connectivity index (χ0n) is 12.0. The van der Waals surface area contributed by atoms with Gasteiger partial charge in [-0.15, -0.1) is 0 Å². The fourth-order valence-electron chi connectivity index (χ4n) is 1.76. The number of nitrogens with zero attached hydrogens (tertiary/aromatic N) is 2. The van der Waals surface area contributed by atoms with Gasteiger partial charge < -0.3 is 0 Å². The first-order chi connectivity index (χ1) is 8.74. The second-order valence-corrected chi connectivity index (χ2v) is 4.54. The molecule has 2 nitrogen and oxygen atoms in total. The molecule has 2 rings (SSSR count). The summed E-state index contributed by atoms with van der Waals surface area (Å²) in [7, 11) is 0. The van der Waals surface area contributed by atoms with Crippen LogP contribution in [0.2, 0.25) is 0 Å². The second-order valence-electron chi connectivity index (χ2n) is 4.54. The Morgan fingerprint density at radius 1 is 0.667 bits per heavy atom. The average molecular weight is 244 g/mol. The zero-order chi connectivity index (χ0) is 13.4. The van der Waals surface area contributed by atoms with E-state index in [2.05, 4.69) is 48.4 Å². The number of hydrogen-bond acceptors (Lipinski definition) is 2. The monoisotopic (exact) mass is 244 g/mol. The average Bonchev–Trinajstić information content (AvgIpc) is 2.42. The van der Waals surface area contributed by atoms with Crippen LogP contribution in [0.5, 0.6) is 0 Å². The maximum absolute atomic E-state index is 4.31. The lowest BCUT2D eigenvalue weighted by molar-refractivity contribution is 0.828. The maximum atomic E-state index is 4.31. The van der Waals surface area contributed by atoms with E-state index in [1.54, 1.807) is 0 Å². The lowest BCUT2D eigenvalue weighted by Crippen LogP contribution is -1.90. The molecule has 0 N–H and O–H groups in total. The molecule has 0 radical (unpaired) electrons. The van der Waals surface area contributed by atoms with Gasteiger partial charge in [0, 0.05) is 0 Å². The first kappa shape index (κ1) is 14.6. The summed E-state index contributed by atoms with van der Waals surface area (Å²) < 4.78 is 0. The Kier molecular flexibility index (Phi) is 6.34. The van der Waals surface area contributed by atoms with Gasteiger partial charge in [0.2, 0.25) is 0 Å². The van der Waals surface area contributed by atoms with Crippen LogP contribution >= 0.6 is 0 Å². The highest BCUT2D eigenvalue weighted by Crippen LogP contribution is 2.22. The van der Waals surface area contributed by atoms with E-state index in [-0.39, 0.29) is 0 Å². The standard InChI is InChI=1S/C14H18N2.C2H6/c1-11-3-7-13(8-4-11)15-16-14-9-5-12(2)6-10-14;1-2/h3,5,7,9H,4,6,8,10H2,1-2H3;1-2H3. The summed E-state index contributed by atoms with van der Waals surface area (Å²) >= 11 is 0. The molecule has 0 atom stereocenters. The van der Waals surface area contributed by atoms with Crippen molar-refractivity contribution in [3.05, 3.63) is 46.8 Å². The molecule has 0 fully saturated rings. The lowest BCUT2D eigenvalue weighted by atomic mass is 10.0. The first-order valence-corrected chi connectivity index (χ1v) is 6.88. The molecular weight excluding hydrogens is 220 g/mol. The van der Waals surface area contributed by atoms with Crippen LogP contribution < -0.4 is 0 Å². The van der Waals surface area contributed by atoms with Gasteiger partial charge in [0.05, 0.1) is 11.4 Å². The Bertz CT molecular complexity index is 380. The number of allylic oxidation sites excluding steroid dienone is 8. The van der Waals surface area contributed by atoms with Gasteiger partial charge in [-0.2, -0.15) is 10.2 Å². The molecule has 0 heterocycles. The second kappa shape index (κ2) is 7.80. The van der Waals surface area contributed by atoms with Crippen molar-refractivity contribution < 1.29 is 0 Å². The van der Waals surface area contributed by atoms with Gasteiger partial charge in [0.25, 0.3) is 0 Å². The minimum atomic E-state index is 1.02. The fourth-order valence-corrected chi connectivity index (χ4v) is 1.76. The normalized spacial score (nSPS) is 19.3. The quantitative estimate of drug-likeness (QED) is 0.555. The highest BCUT2D eigenvalue weighted by atomic mass is 15.1. The van der Waals surface area contributed by atoms with Gasteiger partial charge in [-0.05, 0) is 51.7 Å². The summed E-state index contributed by atoms with van der Waals surface area (Å²) in [6.45, 7) is 8.31. The highest BCUT2D eigenvalue weighted by molar-refractivity contribution is 5.24. The van der Waals surface area contributed by atoms with Crippen molar-refractivity contribution >= 4 is 0 Å². The molecule has 0 amide bonds. The number of azo groups is 1. The minimum Gasteiger partial charge on any atom is -0.155 e. The summed E-state index contributed by atoms with van der Waals surface area (Å²) in [6, 6.07) is 0. The Labute approximate surface area is 111 Å². The van der Waals surface area contributed by atoms with Crippen LogP contribution in [0.4, 0.5) is 0 Å². The Balaban J connectivity index is 0.000000771. The lowest BCUT2D eigenvalue weighted by Gasteiger charge is -2.08. The van der Waals surface area contributed by atoms with E-state index < -0.39 is 0 Å². The Morgan fingerprint density at radius 2 is 1.06 bits per heavy atom. The minimum absolute atomic E-state index is 1.02. The molecule has 98 valence electrons. The molecule has 0 bridgehead atoms. The molecule has 0 aromatic carbocycles. The molecular formula is C16H24N2. The molecule has 0 spiro atoms. The van der Waals surface area contributed by atoms with Crippen LogP contribution in [0.25, 0.3) is 0 Å². The van der Waals surface area contributed by atoms with Crippen molar-refractivity contribution in [2.75, 3.05) is 0 Å². The number of rotatable bonds is 2. The SMILES string of the molecule is CC.CC1=CC=C(N=NC2=CC=C(C)CC2)CC1. The van der Waals surface area contributed by atoms with Gasteiger partial charge in [0.1, 0.15) is 0 Å². The Hall–Kier alpha value is -1.44. The summed E-state index contributed by atoms with van der Waals surface area (Å²) in [6.07, 6.45) is 12.7. The summed E-state index contributed by atoms with van der Waals surface area (Å²) in [5, 5.41) is 8.62. The number of hydrogen-bond donors (Lipinski definition) is 0. The van der Waals surface area contributed by atoms with Crippen molar-refractivity contribution in [3.8, 4) is 0 Å². The molecule has 0 aromatic heterocycles.